The van der Waals surface area contributed by atoms with Crippen molar-refractivity contribution in [2.24, 2.45) is 0 Å². The third-order valence-corrected chi connectivity index (χ3v) is 4.05. The van der Waals surface area contributed by atoms with E-state index >= 15 is 0 Å². The molecule has 0 atom stereocenters. The molecule has 1 heterocycles. The van der Waals surface area contributed by atoms with Gasteiger partial charge in [-0.3, -0.25) is 0 Å². The highest BCUT2D eigenvalue weighted by Crippen LogP contribution is 2.17. The Bertz CT molecular complexity index is 440. The highest BCUT2D eigenvalue weighted by Gasteiger charge is 2.15. The number of carbonyl (C=O) groups excluding carboxylic acids is 1. The molecule has 122 valence electrons. The van der Waals surface area contributed by atoms with E-state index in [2.05, 4.69) is 27.9 Å². The Hall–Kier alpha value is -1.78. The molecule has 5 nitrogen and oxygen atoms in total. The van der Waals surface area contributed by atoms with Crippen molar-refractivity contribution in [1.82, 2.24) is 10.3 Å². The summed E-state index contributed by atoms with van der Waals surface area (Å²) in [6.45, 7) is 3.13. The van der Waals surface area contributed by atoms with Gasteiger partial charge in [0.1, 0.15) is 5.82 Å². The lowest BCUT2D eigenvalue weighted by Gasteiger charge is -2.22. The number of pyridine rings is 1. The van der Waals surface area contributed by atoms with Gasteiger partial charge < -0.3 is 16.0 Å². The van der Waals surface area contributed by atoms with Gasteiger partial charge in [0, 0.05) is 12.6 Å². The van der Waals surface area contributed by atoms with Crippen molar-refractivity contribution in [3.63, 3.8) is 0 Å². The first-order chi connectivity index (χ1) is 10.8. The molecule has 0 bridgehead atoms. The molecular formula is C17H28N4O. The molecule has 0 saturated heterocycles. The third kappa shape index (κ3) is 5.92. The number of rotatable bonds is 7. The van der Waals surface area contributed by atoms with Crippen LogP contribution in [0.2, 0.25) is 0 Å². The molecule has 5 heteroatoms. The first kappa shape index (κ1) is 16.6. The predicted molar refractivity (Wildman–Crippen MR) is 91.3 cm³/mol. The Kier molecular flexibility index (Phi) is 7.00. The van der Waals surface area contributed by atoms with E-state index in [1.54, 1.807) is 6.20 Å². The molecule has 22 heavy (non-hydrogen) atoms. The van der Waals surface area contributed by atoms with Gasteiger partial charge in [0.05, 0.1) is 11.9 Å². The predicted octanol–water partition coefficient (Wildman–Crippen LogP) is 4.14. The minimum atomic E-state index is -0.127. The first-order valence-corrected chi connectivity index (χ1v) is 8.55. The van der Waals surface area contributed by atoms with Gasteiger partial charge in [-0.25, -0.2) is 9.78 Å². The number of nitrogens with one attached hydrogen (secondary N) is 3. The number of unbranched alkanes of at least 4 members (excludes halogenated alkanes) is 2. The van der Waals surface area contributed by atoms with Crippen LogP contribution in [0.4, 0.5) is 16.3 Å². The van der Waals surface area contributed by atoms with Crippen molar-refractivity contribution >= 4 is 17.5 Å². The van der Waals surface area contributed by atoms with Gasteiger partial charge in [-0.05, 0) is 31.4 Å². The molecule has 0 aliphatic heterocycles. The smallest absolute Gasteiger partial charge is 0.319 e. The lowest BCUT2D eigenvalue weighted by atomic mass is 9.96. The number of anilines is 2. The van der Waals surface area contributed by atoms with E-state index in [-0.39, 0.29) is 6.03 Å². The lowest BCUT2D eigenvalue weighted by Crippen LogP contribution is -2.39. The number of urea groups is 1. The van der Waals surface area contributed by atoms with Crippen LogP contribution in [-0.2, 0) is 0 Å². The van der Waals surface area contributed by atoms with Crippen molar-refractivity contribution in [3.05, 3.63) is 18.3 Å². The van der Waals surface area contributed by atoms with Crippen molar-refractivity contribution in [3.8, 4) is 0 Å². The second kappa shape index (κ2) is 9.28. The van der Waals surface area contributed by atoms with E-state index in [0.717, 1.165) is 37.3 Å². The molecule has 2 rings (SSSR count). The minimum absolute atomic E-state index is 0.127. The summed E-state index contributed by atoms with van der Waals surface area (Å²) in [5.74, 6) is 0.856. The largest absolute Gasteiger partial charge is 0.370 e. The normalized spacial score (nSPS) is 15.3. The molecule has 1 aliphatic rings. The second-order valence-corrected chi connectivity index (χ2v) is 6.00. The molecule has 0 radical (unpaired) electrons. The van der Waals surface area contributed by atoms with Crippen LogP contribution in [-0.4, -0.2) is 23.6 Å². The molecule has 0 spiro atoms. The van der Waals surface area contributed by atoms with E-state index in [0.29, 0.717) is 6.04 Å². The quantitative estimate of drug-likeness (QED) is 0.663. The van der Waals surface area contributed by atoms with Crippen molar-refractivity contribution < 1.29 is 4.79 Å². The summed E-state index contributed by atoms with van der Waals surface area (Å²) >= 11 is 0. The summed E-state index contributed by atoms with van der Waals surface area (Å²) in [5.41, 5.74) is 0.729. The van der Waals surface area contributed by atoms with Crippen molar-refractivity contribution in [1.29, 1.82) is 0 Å². The molecule has 1 aliphatic carbocycles. The summed E-state index contributed by atoms with van der Waals surface area (Å²) < 4.78 is 0. The standard InChI is InChI=1S/C17H28N4O/c1-2-3-7-12-18-16-11-10-15(13-19-16)21-17(22)20-14-8-5-4-6-9-14/h10-11,13-14H,2-9,12H2,1H3,(H,18,19)(H2,20,21,22). The zero-order chi connectivity index (χ0) is 15.6. The minimum Gasteiger partial charge on any atom is -0.370 e. The maximum atomic E-state index is 11.9. The third-order valence-electron chi connectivity index (χ3n) is 4.05. The van der Waals surface area contributed by atoms with Crippen LogP contribution in [0.5, 0.6) is 0 Å². The van der Waals surface area contributed by atoms with Gasteiger partial charge in [-0.1, -0.05) is 39.0 Å². The van der Waals surface area contributed by atoms with Gasteiger partial charge in [0.25, 0.3) is 0 Å². The van der Waals surface area contributed by atoms with E-state index in [4.69, 9.17) is 0 Å². The molecule has 2 amide bonds. The monoisotopic (exact) mass is 304 g/mol. The fourth-order valence-corrected chi connectivity index (χ4v) is 2.76. The van der Waals surface area contributed by atoms with Crippen LogP contribution in [0.25, 0.3) is 0 Å². The molecule has 1 saturated carbocycles. The lowest BCUT2D eigenvalue weighted by molar-refractivity contribution is 0.244. The summed E-state index contributed by atoms with van der Waals surface area (Å²) in [4.78, 5) is 16.3. The van der Waals surface area contributed by atoms with Crippen molar-refractivity contribution in [2.45, 2.75) is 64.3 Å². The van der Waals surface area contributed by atoms with Gasteiger partial charge in [0.15, 0.2) is 0 Å². The molecular weight excluding hydrogens is 276 g/mol. The van der Waals surface area contributed by atoms with E-state index < -0.39 is 0 Å². The van der Waals surface area contributed by atoms with Gasteiger partial charge >= 0.3 is 6.03 Å². The number of nitrogens with zero attached hydrogens (tertiary/aromatic N) is 1. The average Bonchev–Trinajstić information content (AvgIpc) is 2.54. The molecule has 1 aromatic rings. The Labute approximate surface area is 133 Å². The number of carbonyl (C=O) groups is 1. The van der Waals surface area contributed by atoms with Crippen molar-refractivity contribution in [2.75, 3.05) is 17.2 Å². The first-order valence-electron chi connectivity index (χ1n) is 8.55. The summed E-state index contributed by atoms with van der Waals surface area (Å²) in [6, 6.07) is 3.98. The Morgan fingerprint density at radius 3 is 2.73 bits per heavy atom. The highest BCUT2D eigenvalue weighted by molar-refractivity contribution is 5.89. The number of aromatic nitrogens is 1. The van der Waals surface area contributed by atoms with E-state index in [1.165, 1.54) is 32.1 Å². The van der Waals surface area contributed by atoms with E-state index in [9.17, 15) is 4.79 Å². The highest BCUT2D eigenvalue weighted by atomic mass is 16.2. The van der Waals surface area contributed by atoms with Crippen LogP contribution in [0.1, 0.15) is 58.3 Å². The SMILES string of the molecule is CCCCCNc1ccc(NC(=O)NC2CCCCC2)cn1. The Morgan fingerprint density at radius 2 is 2.05 bits per heavy atom. The second-order valence-electron chi connectivity index (χ2n) is 6.00. The van der Waals surface area contributed by atoms with Crippen LogP contribution < -0.4 is 16.0 Å². The number of hydrogen-bond acceptors (Lipinski definition) is 3. The van der Waals surface area contributed by atoms with Crippen LogP contribution >= 0.6 is 0 Å². The van der Waals surface area contributed by atoms with Crippen LogP contribution in [0.3, 0.4) is 0 Å². The summed E-state index contributed by atoms with van der Waals surface area (Å²) in [5, 5.41) is 9.18. The Balaban J connectivity index is 1.71. The zero-order valence-corrected chi connectivity index (χ0v) is 13.5. The zero-order valence-electron chi connectivity index (χ0n) is 13.5. The molecule has 0 aromatic carbocycles. The fraction of sp³-hybridized carbons (Fsp3) is 0.647. The van der Waals surface area contributed by atoms with Crippen LogP contribution in [0, 0.1) is 0 Å². The molecule has 3 N–H and O–H groups in total. The summed E-state index contributed by atoms with van der Waals surface area (Å²) in [7, 11) is 0. The maximum absolute atomic E-state index is 11.9. The molecule has 1 fully saturated rings. The average molecular weight is 304 g/mol. The Morgan fingerprint density at radius 1 is 1.23 bits per heavy atom. The van der Waals surface area contributed by atoms with Gasteiger partial charge in [-0.15, -0.1) is 0 Å². The maximum Gasteiger partial charge on any atom is 0.319 e. The molecule has 1 aromatic heterocycles. The number of amides is 2. The summed E-state index contributed by atoms with van der Waals surface area (Å²) in [6.07, 6.45) is 11.2. The fourth-order valence-electron chi connectivity index (χ4n) is 2.76. The van der Waals surface area contributed by atoms with E-state index in [1.807, 2.05) is 12.1 Å². The van der Waals surface area contributed by atoms with Gasteiger partial charge in [-0.2, -0.15) is 0 Å². The molecule has 0 unspecified atom stereocenters. The number of hydrogen-bond donors (Lipinski definition) is 3. The van der Waals surface area contributed by atoms with Crippen LogP contribution in [0.15, 0.2) is 18.3 Å². The topological polar surface area (TPSA) is 66.0 Å². The van der Waals surface area contributed by atoms with Gasteiger partial charge in [0.2, 0.25) is 0 Å².